The van der Waals surface area contributed by atoms with Gasteiger partial charge in [-0.05, 0) is 6.07 Å². The van der Waals surface area contributed by atoms with Crippen molar-refractivity contribution in [3.05, 3.63) is 23.6 Å². The van der Waals surface area contributed by atoms with Crippen LogP contribution >= 0.6 is 0 Å². The molecule has 1 amide bonds. The first-order valence-corrected chi connectivity index (χ1v) is 4.89. The number of rotatable bonds is 2. The maximum absolute atomic E-state index is 11.7. The molecule has 88 valence electrons. The molecule has 0 unspecified atom stereocenters. The molecule has 0 saturated heterocycles. The van der Waals surface area contributed by atoms with Crippen LogP contribution in [0.25, 0.3) is 11.1 Å². The first kappa shape index (κ1) is 11.1. The van der Waals surface area contributed by atoms with Crippen LogP contribution < -0.4 is 5.73 Å². The Morgan fingerprint density at radius 3 is 2.82 bits per heavy atom. The van der Waals surface area contributed by atoms with Crippen molar-refractivity contribution >= 4 is 29.0 Å². The van der Waals surface area contributed by atoms with Gasteiger partial charge in [-0.15, -0.1) is 0 Å². The van der Waals surface area contributed by atoms with Gasteiger partial charge in [-0.25, -0.2) is 4.98 Å². The third-order valence-corrected chi connectivity index (χ3v) is 2.35. The summed E-state index contributed by atoms with van der Waals surface area (Å²) in [6, 6.07) is 1.52. The first-order chi connectivity index (χ1) is 8.04. The van der Waals surface area contributed by atoms with Crippen molar-refractivity contribution in [1.82, 2.24) is 9.88 Å². The number of amides is 1. The number of fused-ring (bicyclic) bond motifs is 1. The Hall–Kier alpha value is -2.37. The number of aldehydes is 1. The van der Waals surface area contributed by atoms with Crippen molar-refractivity contribution in [3.8, 4) is 0 Å². The molecule has 0 saturated carbocycles. The summed E-state index contributed by atoms with van der Waals surface area (Å²) in [5, 5.41) is 0. The first-order valence-electron chi connectivity index (χ1n) is 4.89. The zero-order valence-corrected chi connectivity index (χ0v) is 9.43. The van der Waals surface area contributed by atoms with Gasteiger partial charge in [0.05, 0.1) is 5.56 Å². The minimum absolute atomic E-state index is 0.0296. The van der Waals surface area contributed by atoms with Crippen LogP contribution in [0.2, 0.25) is 0 Å². The van der Waals surface area contributed by atoms with Crippen molar-refractivity contribution in [2.24, 2.45) is 0 Å². The van der Waals surface area contributed by atoms with Gasteiger partial charge in [-0.1, -0.05) is 0 Å². The smallest absolute Gasteiger partial charge is 0.255 e. The summed E-state index contributed by atoms with van der Waals surface area (Å²) in [4.78, 5) is 27.8. The molecule has 0 aliphatic heterocycles. The molecule has 0 bridgehead atoms. The van der Waals surface area contributed by atoms with E-state index >= 15 is 0 Å². The normalized spacial score (nSPS) is 10.5. The second-order valence-electron chi connectivity index (χ2n) is 3.77. The molecule has 2 N–H and O–H groups in total. The Morgan fingerprint density at radius 2 is 2.24 bits per heavy atom. The predicted molar refractivity (Wildman–Crippen MR) is 61.8 cm³/mol. The molecule has 0 aliphatic carbocycles. The van der Waals surface area contributed by atoms with Crippen molar-refractivity contribution in [2.75, 3.05) is 19.8 Å². The number of anilines is 1. The van der Waals surface area contributed by atoms with Gasteiger partial charge in [-0.2, -0.15) is 0 Å². The molecule has 0 spiro atoms. The number of aromatic nitrogens is 1. The molecule has 17 heavy (non-hydrogen) atoms. The Bertz CT molecular complexity index is 601. The third-order valence-electron chi connectivity index (χ3n) is 2.35. The van der Waals surface area contributed by atoms with E-state index in [9.17, 15) is 9.59 Å². The van der Waals surface area contributed by atoms with E-state index < -0.39 is 0 Å². The van der Waals surface area contributed by atoms with Gasteiger partial charge in [0.2, 0.25) is 0 Å². The average molecular weight is 233 g/mol. The van der Waals surface area contributed by atoms with Crippen molar-refractivity contribution in [2.45, 2.75) is 0 Å². The number of nitrogens with zero attached hydrogens (tertiary/aromatic N) is 2. The van der Waals surface area contributed by atoms with Crippen LogP contribution in [0.5, 0.6) is 0 Å². The van der Waals surface area contributed by atoms with Gasteiger partial charge < -0.3 is 15.1 Å². The molecule has 2 heterocycles. The van der Waals surface area contributed by atoms with Crippen molar-refractivity contribution in [1.29, 1.82) is 0 Å². The van der Waals surface area contributed by atoms with Gasteiger partial charge in [0.25, 0.3) is 5.91 Å². The van der Waals surface area contributed by atoms with Crippen molar-refractivity contribution in [3.63, 3.8) is 0 Å². The molecular weight excluding hydrogens is 222 g/mol. The van der Waals surface area contributed by atoms with Crippen LogP contribution in [0.4, 0.5) is 5.69 Å². The topological polar surface area (TPSA) is 89.4 Å². The van der Waals surface area contributed by atoms with Crippen LogP contribution in [0.3, 0.4) is 0 Å². The Morgan fingerprint density at radius 1 is 1.53 bits per heavy atom. The molecule has 0 aliphatic rings. The fourth-order valence-electron chi connectivity index (χ4n) is 1.48. The lowest BCUT2D eigenvalue weighted by Gasteiger charge is -2.09. The Balaban J connectivity index is 2.59. The number of pyridine rings is 1. The highest BCUT2D eigenvalue weighted by atomic mass is 16.3. The van der Waals surface area contributed by atoms with E-state index in [0.717, 1.165) is 0 Å². The van der Waals surface area contributed by atoms with E-state index in [-0.39, 0.29) is 17.4 Å². The summed E-state index contributed by atoms with van der Waals surface area (Å²) >= 11 is 0. The summed E-state index contributed by atoms with van der Waals surface area (Å²) in [7, 11) is 3.28. The second-order valence-corrected chi connectivity index (χ2v) is 3.77. The lowest BCUT2D eigenvalue weighted by molar-refractivity contribution is 0.0827. The fourth-order valence-corrected chi connectivity index (χ4v) is 1.48. The molecular formula is C11H11N3O3. The van der Waals surface area contributed by atoms with Crippen LogP contribution in [0, 0.1) is 0 Å². The van der Waals surface area contributed by atoms with Crippen LogP contribution in [0.1, 0.15) is 20.9 Å². The van der Waals surface area contributed by atoms with Crippen LogP contribution in [-0.2, 0) is 0 Å². The van der Waals surface area contributed by atoms with E-state index in [1.54, 1.807) is 14.1 Å². The van der Waals surface area contributed by atoms with Gasteiger partial charge >= 0.3 is 0 Å². The lowest BCUT2D eigenvalue weighted by atomic mass is 10.2. The largest absolute Gasteiger partial charge is 0.449 e. The average Bonchev–Trinajstić information content (AvgIpc) is 2.64. The highest BCUT2D eigenvalue weighted by molar-refractivity contribution is 6.00. The second kappa shape index (κ2) is 3.89. The molecule has 0 atom stereocenters. The molecule has 2 rings (SSSR count). The summed E-state index contributed by atoms with van der Waals surface area (Å²) in [6.07, 6.45) is 1.93. The zero-order chi connectivity index (χ0) is 12.6. The van der Waals surface area contributed by atoms with E-state index in [2.05, 4.69) is 4.98 Å². The Kier molecular flexibility index (Phi) is 2.55. The van der Waals surface area contributed by atoms with Crippen molar-refractivity contribution < 1.29 is 14.0 Å². The van der Waals surface area contributed by atoms with Crippen LogP contribution in [-0.4, -0.2) is 36.2 Å². The number of hydrogen-bond acceptors (Lipinski definition) is 5. The standard InChI is InChI=1S/C11H11N3O3/c1-14(2)11(16)6-3-7-10(13-4-6)9(12)8(5-15)17-7/h3-5H,12H2,1-2H3. The molecule has 0 radical (unpaired) electrons. The molecule has 0 fully saturated rings. The summed E-state index contributed by atoms with van der Waals surface area (Å²) in [6.45, 7) is 0. The van der Waals surface area contributed by atoms with E-state index in [1.165, 1.54) is 17.2 Å². The highest BCUT2D eigenvalue weighted by Gasteiger charge is 2.15. The van der Waals surface area contributed by atoms with Gasteiger partial charge in [0, 0.05) is 20.3 Å². The van der Waals surface area contributed by atoms with Gasteiger partial charge in [-0.3, -0.25) is 9.59 Å². The van der Waals surface area contributed by atoms with E-state index in [4.69, 9.17) is 10.2 Å². The van der Waals surface area contributed by atoms with E-state index in [0.29, 0.717) is 22.9 Å². The number of nitrogen functional groups attached to an aromatic ring is 1. The molecule has 6 nitrogen and oxygen atoms in total. The molecule has 2 aromatic heterocycles. The SMILES string of the molecule is CN(C)C(=O)c1cnc2c(N)c(C=O)oc2c1. The predicted octanol–water partition coefficient (Wildman–Crippen LogP) is 0.924. The van der Waals surface area contributed by atoms with Crippen LogP contribution in [0.15, 0.2) is 16.7 Å². The minimum atomic E-state index is -0.193. The van der Waals surface area contributed by atoms with Gasteiger partial charge in [0.1, 0.15) is 11.2 Å². The third kappa shape index (κ3) is 1.73. The monoisotopic (exact) mass is 233 g/mol. The summed E-state index contributed by atoms with van der Waals surface area (Å²) in [5.74, 6) is -0.163. The van der Waals surface area contributed by atoms with E-state index in [1.807, 2.05) is 0 Å². The molecule has 6 heteroatoms. The highest BCUT2D eigenvalue weighted by Crippen LogP contribution is 2.25. The number of furan rings is 1. The number of carbonyl (C=O) groups is 2. The summed E-state index contributed by atoms with van der Waals surface area (Å²) in [5.41, 5.74) is 6.95. The zero-order valence-electron chi connectivity index (χ0n) is 9.43. The van der Waals surface area contributed by atoms with Gasteiger partial charge in [0.15, 0.2) is 17.6 Å². The quantitative estimate of drug-likeness (QED) is 0.779. The maximum atomic E-state index is 11.7. The number of carbonyl (C=O) groups excluding carboxylic acids is 2. The maximum Gasteiger partial charge on any atom is 0.255 e. The summed E-state index contributed by atoms with van der Waals surface area (Å²) < 4.78 is 5.19. The molecule has 2 aromatic rings. The minimum Gasteiger partial charge on any atom is -0.449 e. The lowest BCUT2D eigenvalue weighted by Crippen LogP contribution is -2.21. The number of hydrogen-bond donors (Lipinski definition) is 1. The fraction of sp³-hybridized carbons (Fsp3) is 0.182. The number of nitrogens with two attached hydrogens (primary N) is 1. The Labute approximate surface area is 97.0 Å². The molecule has 0 aromatic carbocycles.